The van der Waals surface area contributed by atoms with E-state index in [9.17, 15) is 18.0 Å². The van der Waals surface area contributed by atoms with Crippen LogP contribution in [0.2, 0.25) is 0 Å². The number of H-pyrrole nitrogens is 1. The third-order valence-corrected chi connectivity index (χ3v) is 13.3. The Hall–Kier alpha value is -4.39. The maximum Gasteiger partial charge on any atom is 0.422 e. The lowest BCUT2D eigenvalue weighted by molar-refractivity contribution is -0.153. The molecule has 4 aliphatic heterocycles. The second-order valence-electron chi connectivity index (χ2n) is 17.2. The van der Waals surface area contributed by atoms with Crippen LogP contribution in [0.1, 0.15) is 68.4 Å². The number of rotatable bonds is 8. The van der Waals surface area contributed by atoms with Crippen molar-refractivity contribution in [1.29, 1.82) is 0 Å². The highest BCUT2D eigenvalue weighted by atomic mass is 19.4. The van der Waals surface area contributed by atoms with Crippen LogP contribution in [0.3, 0.4) is 0 Å². The van der Waals surface area contributed by atoms with Gasteiger partial charge in [-0.1, -0.05) is 12.6 Å². The zero-order valence-corrected chi connectivity index (χ0v) is 30.9. The molecule has 0 unspecified atom stereocenters. The summed E-state index contributed by atoms with van der Waals surface area (Å²) in [5, 5.41) is 8.95. The second kappa shape index (κ2) is 12.3. The third kappa shape index (κ3) is 5.88. The quantitative estimate of drug-likeness (QED) is 0.194. The number of aromatic nitrogens is 4. The fourth-order valence-electron chi connectivity index (χ4n) is 9.92. The number of halogens is 3. The van der Waals surface area contributed by atoms with Gasteiger partial charge in [0.05, 0.1) is 11.7 Å². The van der Waals surface area contributed by atoms with Gasteiger partial charge in [-0.3, -0.25) is 9.89 Å². The summed E-state index contributed by atoms with van der Waals surface area (Å²) in [6.45, 7) is 11.1. The maximum absolute atomic E-state index is 14.1. The minimum Gasteiger partial charge on any atom is -0.481 e. The van der Waals surface area contributed by atoms with Gasteiger partial charge >= 0.3 is 6.18 Å². The molecule has 6 heterocycles. The van der Waals surface area contributed by atoms with Gasteiger partial charge in [0.25, 0.3) is 0 Å². The van der Waals surface area contributed by atoms with Crippen molar-refractivity contribution in [3.8, 4) is 16.9 Å². The van der Waals surface area contributed by atoms with Crippen molar-refractivity contribution in [2.24, 2.45) is 10.8 Å². The molecule has 0 radical (unpaired) electrons. The van der Waals surface area contributed by atoms with Gasteiger partial charge in [-0.25, -0.2) is 4.98 Å². The fraction of sp³-hybridized carbons (Fsp3) is 0.561. The Bertz CT molecular complexity index is 2140. The molecule has 1 amide bonds. The van der Waals surface area contributed by atoms with E-state index >= 15 is 0 Å². The lowest BCUT2D eigenvalue weighted by Gasteiger charge is -2.54. The van der Waals surface area contributed by atoms with Crippen molar-refractivity contribution in [2.45, 2.75) is 76.4 Å². The topological polar surface area (TPSA) is 93.7 Å². The number of carbonyl (C=O) groups is 1. The molecule has 6 aliphatic rings. The van der Waals surface area contributed by atoms with E-state index in [1.807, 2.05) is 24.0 Å². The molecule has 6 fully saturated rings. The summed E-state index contributed by atoms with van der Waals surface area (Å²) < 4.78 is 48.4. The number of anilines is 2. The predicted molar refractivity (Wildman–Crippen MR) is 202 cm³/mol. The minimum absolute atomic E-state index is 0.0313. The summed E-state index contributed by atoms with van der Waals surface area (Å²) in [7, 11) is 0. The summed E-state index contributed by atoms with van der Waals surface area (Å²) >= 11 is 0. The van der Waals surface area contributed by atoms with Crippen molar-refractivity contribution in [3.05, 3.63) is 48.2 Å². The number of fused-ring (bicyclic) bond motifs is 2. The Morgan fingerprint density at radius 2 is 1.65 bits per heavy atom. The maximum atomic E-state index is 14.1. The summed E-state index contributed by atoms with van der Waals surface area (Å²) in [5.41, 5.74) is 4.94. The minimum atomic E-state index is -4.54. The standard InChI is InChI=1S/C41H47F3N8O2/c1-3-32(53)51-20-39(21-51)12-16-50(17-13-39)37-29-18-28(26-5-6-26)34(33-25(2)4-9-31-30(33)19-45-48-31)36(54-24-41(42,43)44)35(29)46-38(47-37)52-22-40(23-52)10-14-49(15-11-40)27-7-8-27/h3-4,9,18-19,26-27H,1,5-8,10-17,20-24H2,2H3,(H,45,48). The van der Waals surface area contributed by atoms with Crippen LogP contribution in [-0.2, 0) is 4.79 Å². The van der Waals surface area contributed by atoms with Crippen molar-refractivity contribution in [3.63, 3.8) is 0 Å². The smallest absolute Gasteiger partial charge is 0.422 e. The largest absolute Gasteiger partial charge is 0.481 e. The van der Waals surface area contributed by atoms with E-state index in [2.05, 4.69) is 37.5 Å². The molecule has 4 saturated heterocycles. The molecular weight excluding hydrogens is 693 g/mol. The molecule has 2 saturated carbocycles. The average Bonchev–Trinajstić information content (AvgIpc) is 4.09. The van der Waals surface area contributed by atoms with E-state index < -0.39 is 12.8 Å². The van der Waals surface area contributed by atoms with Gasteiger partial charge in [-0.2, -0.15) is 23.3 Å². The van der Waals surface area contributed by atoms with Crippen LogP contribution < -0.4 is 14.5 Å². The highest BCUT2D eigenvalue weighted by Gasteiger charge is 2.49. The molecule has 54 heavy (non-hydrogen) atoms. The molecule has 10 rings (SSSR count). The lowest BCUT2D eigenvalue weighted by Crippen LogP contribution is -2.62. The fourth-order valence-corrected chi connectivity index (χ4v) is 9.92. The second-order valence-corrected chi connectivity index (χ2v) is 17.2. The first-order valence-corrected chi connectivity index (χ1v) is 19.7. The molecule has 13 heteroatoms. The molecule has 1 N–H and O–H groups in total. The van der Waals surface area contributed by atoms with Crippen LogP contribution in [-0.4, -0.2) is 107 Å². The zero-order valence-electron chi connectivity index (χ0n) is 30.9. The van der Waals surface area contributed by atoms with Crippen LogP contribution in [0.25, 0.3) is 32.9 Å². The summed E-state index contributed by atoms with van der Waals surface area (Å²) in [5.74, 6) is 1.65. The van der Waals surface area contributed by atoms with E-state index in [-0.39, 0.29) is 28.4 Å². The highest BCUT2D eigenvalue weighted by molar-refractivity contribution is 6.06. The van der Waals surface area contributed by atoms with E-state index in [0.717, 1.165) is 136 Å². The molecule has 0 bridgehead atoms. The van der Waals surface area contributed by atoms with E-state index in [1.54, 1.807) is 6.20 Å². The molecule has 2 aromatic heterocycles. The summed E-state index contributed by atoms with van der Waals surface area (Å²) in [4.78, 5) is 31.8. The van der Waals surface area contributed by atoms with Crippen LogP contribution in [0.15, 0.2) is 37.1 Å². The van der Waals surface area contributed by atoms with Gasteiger partial charge in [0, 0.05) is 72.5 Å². The number of hydrogen-bond acceptors (Lipinski definition) is 8. The molecule has 10 nitrogen and oxygen atoms in total. The highest BCUT2D eigenvalue weighted by Crippen LogP contribution is 2.54. The monoisotopic (exact) mass is 740 g/mol. The summed E-state index contributed by atoms with van der Waals surface area (Å²) in [6.07, 6.45) is 7.19. The Morgan fingerprint density at radius 3 is 2.31 bits per heavy atom. The number of carbonyl (C=O) groups excluding carboxylic acids is 1. The number of ether oxygens (including phenoxy) is 1. The van der Waals surface area contributed by atoms with Gasteiger partial charge < -0.3 is 24.3 Å². The van der Waals surface area contributed by atoms with Gasteiger partial charge in [-0.15, -0.1) is 0 Å². The Balaban J connectivity index is 1.09. The van der Waals surface area contributed by atoms with Crippen LogP contribution in [0.4, 0.5) is 24.9 Å². The number of hydrogen-bond donors (Lipinski definition) is 1. The van der Waals surface area contributed by atoms with Crippen molar-refractivity contribution >= 4 is 39.5 Å². The van der Waals surface area contributed by atoms with Crippen molar-refractivity contribution in [1.82, 2.24) is 30.0 Å². The number of aromatic amines is 1. The normalized spacial score (nSPS) is 22.6. The van der Waals surface area contributed by atoms with Crippen LogP contribution in [0.5, 0.6) is 5.75 Å². The molecular formula is C41H47F3N8O2. The van der Waals surface area contributed by atoms with Gasteiger partial charge in [0.15, 0.2) is 12.4 Å². The molecule has 0 atom stereocenters. The number of aryl methyl sites for hydroxylation is 1. The molecule has 2 aromatic carbocycles. The number of likely N-dealkylation sites (tertiary alicyclic amines) is 2. The SMILES string of the molecule is C=CC(=O)N1CC2(CCN(c3nc(N4CC5(CCN(C6CC6)CC5)C4)nc4c(OCC(F)(F)F)c(-c5c(C)ccc6[nH]ncc56)c(C5CC5)cc34)CC2)C1. The molecule has 2 spiro atoms. The van der Waals surface area contributed by atoms with Gasteiger partial charge in [0.2, 0.25) is 11.9 Å². The average molecular weight is 741 g/mol. The number of nitrogens with zero attached hydrogens (tertiary/aromatic N) is 7. The van der Waals surface area contributed by atoms with Crippen molar-refractivity contribution < 1.29 is 22.7 Å². The van der Waals surface area contributed by atoms with E-state index in [0.29, 0.717) is 17.0 Å². The third-order valence-electron chi connectivity index (χ3n) is 13.3. The first-order chi connectivity index (χ1) is 26.0. The first-order valence-electron chi connectivity index (χ1n) is 19.7. The van der Waals surface area contributed by atoms with Crippen molar-refractivity contribution in [2.75, 3.05) is 68.8 Å². The van der Waals surface area contributed by atoms with Gasteiger partial charge in [-0.05, 0) is 112 Å². The van der Waals surface area contributed by atoms with E-state index in [1.165, 1.54) is 18.9 Å². The Labute approximate surface area is 312 Å². The Morgan fingerprint density at radius 1 is 0.944 bits per heavy atom. The van der Waals surface area contributed by atoms with E-state index in [4.69, 9.17) is 14.7 Å². The molecule has 284 valence electrons. The predicted octanol–water partition coefficient (Wildman–Crippen LogP) is 6.98. The van der Waals surface area contributed by atoms with Crippen LogP contribution in [0, 0.1) is 17.8 Å². The molecule has 4 aromatic rings. The number of alkyl halides is 3. The first kappa shape index (κ1) is 34.1. The number of piperidine rings is 2. The lowest BCUT2D eigenvalue weighted by atomic mass is 9.72. The van der Waals surface area contributed by atoms with Gasteiger partial charge in [0.1, 0.15) is 11.3 Å². The number of benzene rings is 2. The Kier molecular flexibility index (Phi) is 7.78. The number of nitrogens with one attached hydrogen (secondary N) is 1. The van der Waals surface area contributed by atoms with Crippen LogP contribution >= 0.6 is 0 Å². The summed E-state index contributed by atoms with van der Waals surface area (Å²) in [6, 6.07) is 6.87. The molecule has 2 aliphatic carbocycles. The number of amides is 1. The zero-order chi connectivity index (χ0) is 37.0.